The summed E-state index contributed by atoms with van der Waals surface area (Å²) < 4.78 is 0. The van der Waals surface area contributed by atoms with Crippen molar-refractivity contribution >= 4 is 17.6 Å². The number of amides is 1. The van der Waals surface area contributed by atoms with Gasteiger partial charge in [-0.1, -0.05) is 12.6 Å². The van der Waals surface area contributed by atoms with Crippen molar-refractivity contribution in [3.63, 3.8) is 0 Å². The van der Waals surface area contributed by atoms with Crippen molar-refractivity contribution in [2.75, 3.05) is 4.90 Å². The predicted molar refractivity (Wildman–Crippen MR) is 92.4 cm³/mol. The van der Waals surface area contributed by atoms with Crippen molar-refractivity contribution in [2.45, 2.75) is 12.5 Å². The minimum atomic E-state index is -1.40. The Morgan fingerprint density at radius 2 is 1.54 bits per heavy atom. The molecule has 0 fully saturated rings. The second-order valence-electron chi connectivity index (χ2n) is 5.47. The predicted octanol–water partition coefficient (Wildman–Crippen LogP) is 1.72. The maximum absolute atomic E-state index is 12.3. The Morgan fingerprint density at radius 3 is 2.04 bits per heavy atom. The second kappa shape index (κ2) is 7.47. The van der Waals surface area contributed by atoms with Crippen LogP contribution in [0.1, 0.15) is 5.56 Å². The number of aliphatic carboxylic acids is 1. The molecular formula is C18H17NO7. The van der Waals surface area contributed by atoms with E-state index in [1.165, 1.54) is 24.3 Å². The fourth-order valence-electron chi connectivity index (χ4n) is 2.43. The largest absolute Gasteiger partial charge is 0.504 e. The van der Waals surface area contributed by atoms with E-state index in [1.54, 1.807) is 0 Å². The highest BCUT2D eigenvalue weighted by Gasteiger charge is 2.30. The lowest BCUT2D eigenvalue weighted by atomic mass is 10.0. The van der Waals surface area contributed by atoms with E-state index < -0.39 is 35.2 Å². The molecule has 0 aliphatic heterocycles. The summed E-state index contributed by atoms with van der Waals surface area (Å²) in [5, 5.41) is 47.6. The maximum Gasteiger partial charge on any atom is 0.327 e. The topological polar surface area (TPSA) is 139 Å². The first-order valence-electron chi connectivity index (χ1n) is 7.46. The zero-order chi connectivity index (χ0) is 19.4. The molecule has 0 aliphatic carbocycles. The molecule has 2 aromatic rings. The van der Waals surface area contributed by atoms with Gasteiger partial charge in [0.15, 0.2) is 23.0 Å². The van der Waals surface area contributed by atoms with Crippen molar-refractivity contribution in [2.24, 2.45) is 0 Å². The van der Waals surface area contributed by atoms with Crippen LogP contribution in [0.4, 0.5) is 5.69 Å². The number of carbonyl (C=O) groups is 2. The number of rotatable bonds is 6. The molecule has 0 aliphatic rings. The van der Waals surface area contributed by atoms with E-state index >= 15 is 0 Å². The summed E-state index contributed by atoms with van der Waals surface area (Å²) in [6.45, 7) is 3.35. The zero-order valence-electron chi connectivity index (χ0n) is 13.5. The number of phenols is 4. The number of carboxylic acid groups (broad SMARTS) is 1. The first kappa shape index (κ1) is 18.7. The molecule has 0 aromatic heterocycles. The zero-order valence-corrected chi connectivity index (χ0v) is 13.5. The van der Waals surface area contributed by atoms with E-state index in [0.717, 1.165) is 23.1 Å². The Kier molecular flexibility index (Phi) is 5.36. The second-order valence-corrected chi connectivity index (χ2v) is 5.47. The normalized spacial score (nSPS) is 11.5. The monoisotopic (exact) mass is 359 g/mol. The quantitative estimate of drug-likeness (QED) is 0.391. The lowest BCUT2D eigenvalue weighted by molar-refractivity contribution is -0.139. The van der Waals surface area contributed by atoms with Gasteiger partial charge in [0.2, 0.25) is 0 Å². The summed E-state index contributed by atoms with van der Waals surface area (Å²) >= 11 is 0. The summed E-state index contributed by atoms with van der Waals surface area (Å²) in [5.41, 5.74) is 0.401. The molecule has 8 heteroatoms. The van der Waals surface area contributed by atoms with Crippen LogP contribution in [0.2, 0.25) is 0 Å². The van der Waals surface area contributed by atoms with Gasteiger partial charge in [-0.2, -0.15) is 0 Å². The molecule has 5 N–H and O–H groups in total. The molecule has 26 heavy (non-hydrogen) atoms. The number of hydrogen-bond acceptors (Lipinski definition) is 6. The van der Waals surface area contributed by atoms with Gasteiger partial charge in [0.25, 0.3) is 5.91 Å². The lowest BCUT2D eigenvalue weighted by Gasteiger charge is -2.28. The third-order valence-electron chi connectivity index (χ3n) is 3.71. The standard InChI is InChI=1S/C18H17NO7/c1-2-17(24)19(11-4-6-14(21)16(23)9-11)12(18(25)26)7-10-3-5-13(20)15(22)8-10/h2-6,8-9,12,20-23H,1,7H2,(H,25,26)/t12-/m1/s1. The van der Waals surface area contributed by atoms with Crippen molar-refractivity contribution in [1.29, 1.82) is 0 Å². The van der Waals surface area contributed by atoms with Crippen LogP contribution in [0.5, 0.6) is 23.0 Å². The Morgan fingerprint density at radius 1 is 0.962 bits per heavy atom. The highest BCUT2D eigenvalue weighted by Crippen LogP contribution is 2.32. The van der Waals surface area contributed by atoms with E-state index in [2.05, 4.69) is 6.58 Å². The molecule has 0 bridgehead atoms. The summed E-state index contributed by atoms with van der Waals surface area (Å²) in [7, 11) is 0. The lowest BCUT2D eigenvalue weighted by Crippen LogP contribution is -2.46. The molecule has 2 rings (SSSR count). The van der Waals surface area contributed by atoms with Gasteiger partial charge in [0.05, 0.1) is 0 Å². The number of benzene rings is 2. The Hall–Kier alpha value is -3.68. The maximum atomic E-state index is 12.3. The number of hydrogen-bond donors (Lipinski definition) is 5. The number of nitrogens with zero attached hydrogens (tertiary/aromatic N) is 1. The fourth-order valence-corrected chi connectivity index (χ4v) is 2.43. The van der Waals surface area contributed by atoms with E-state index in [9.17, 15) is 35.1 Å². The van der Waals surface area contributed by atoms with Gasteiger partial charge in [0, 0.05) is 18.2 Å². The average molecular weight is 359 g/mol. The minimum absolute atomic E-state index is 0.0422. The fraction of sp³-hybridized carbons (Fsp3) is 0.111. The van der Waals surface area contributed by atoms with Crippen molar-refractivity contribution in [3.8, 4) is 23.0 Å². The van der Waals surface area contributed by atoms with Crippen LogP contribution in [0.15, 0.2) is 49.1 Å². The van der Waals surface area contributed by atoms with E-state index in [0.29, 0.717) is 5.56 Å². The molecule has 1 amide bonds. The van der Waals surface area contributed by atoms with Crippen LogP contribution in [-0.4, -0.2) is 43.5 Å². The molecule has 0 saturated carbocycles. The number of phenolic OH excluding ortho intramolecular Hbond substituents is 4. The summed E-state index contributed by atoms with van der Waals surface area (Å²) in [4.78, 5) is 25.0. The van der Waals surface area contributed by atoms with E-state index in [-0.39, 0.29) is 17.9 Å². The molecule has 0 unspecified atom stereocenters. The number of carboxylic acids is 1. The molecule has 0 saturated heterocycles. The van der Waals surface area contributed by atoms with Gasteiger partial charge in [-0.15, -0.1) is 0 Å². The molecule has 0 spiro atoms. The molecule has 2 aromatic carbocycles. The first-order chi connectivity index (χ1) is 12.2. The Bertz CT molecular complexity index is 863. The van der Waals surface area contributed by atoms with Crippen LogP contribution in [-0.2, 0) is 16.0 Å². The average Bonchev–Trinajstić information content (AvgIpc) is 2.60. The molecule has 8 nitrogen and oxygen atoms in total. The van der Waals surface area contributed by atoms with Gasteiger partial charge in [0.1, 0.15) is 6.04 Å². The molecule has 136 valence electrons. The van der Waals surface area contributed by atoms with Gasteiger partial charge in [-0.25, -0.2) is 4.79 Å². The van der Waals surface area contributed by atoms with Crippen LogP contribution in [0, 0.1) is 0 Å². The third-order valence-corrected chi connectivity index (χ3v) is 3.71. The first-order valence-corrected chi connectivity index (χ1v) is 7.46. The third kappa shape index (κ3) is 3.86. The van der Waals surface area contributed by atoms with Crippen LogP contribution in [0.3, 0.4) is 0 Å². The van der Waals surface area contributed by atoms with Crippen LogP contribution < -0.4 is 4.90 Å². The number of aromatic hydroxyl groups is 4. The van der Waals surface area contributed by atoms with Gasteiger partial charge >= 0.3 is 5.97 Å². The van der Waals surface area contributed by atoms with Crippen molar-refractivity contribution < 1.29 is 35.1 Å². The van der Waals surface area contributed by atoms with E-state index in [1.807, 2.05) is 0 Å². The van der Waals surface area contributed by atoms with Crippen LogP contribution in [0.25, 0.3) is 0 Å². The van der Waals surface area contributed by atoms with Crippen LogP contribution >= 0.6 is 0 Å². The number of carbonyl (C=O) groups excluding carboxylic acids is 1. The Balaban J connectivity index is 2.48. The highest BCUT2D eigenvalue weighted by atomic mass is 16.4. The molecule has 0 heterocycles. The summed E-state index contributed by atoms with van der Waals surface area (Å²) in [6, 6.07) is 5.87. The SMILES string of the molecule is C=CC(=O)N(c1ccc(O)c(O)c1)[C@H](Cc1ccc(O)c(O)c1)C(=O)O. The van der Waals surface area contributed by atoms with Gasteiger partial charge in [-0.05, 0) is 35.9 Å². The smallest absolute Gasteiger partial charge is 0.327 e. The molecule has 1 atom stereocenters. The highest BCUT2D eigenvalue weighted by molar-refractivity contribution is 6.05. The summed E-state index contributed by atoms with van der Waals surface area (Å²) in [5.74, 6) is -3.78. The van der Waals surface area contributed by atoms with Crippen molar-refractivity contribution in [1.82, 2.24) is 0 Å². The number of anilines is 1. The summed E-state index contributed by atoms with van der Waals surface area (Å²) in [6.07, 6.45) is 0.735. The minimum Gasteiger partial charge on any atom is -0.504 e. The van der Waals surface area contributed by atoms with Crippen molar-refractivity contribution in [3.05, 3.63) is 54.6 Å². The molecular weight excluding hydrogens is 342 g/mol. The van der Waals surface area contributed by atoms with Gasteiger partial charge < -0.3 is 25.5 Å². The molecule has 0 radical (unpaired) electrons. The Labute approximate surface area is 148 Å². The van der Waals surface area contributed by atoms with E-state index in [4.69, 9.17) is 0 Å². The van der Waals surface area contributed by atoms with Gasteiger partial charge in [-0.3, -0.25) is 9.69 Å².